The van der Waals surface area contributed by atoms with Crippen molar-refractivity contribution in [1.82, 2.24) is 4.98 Å². The minimum atomic E-state index is -4.86. The predicted molar refractivity (Wildman–Crippen MR) is 71.0 cm³/mol. The average Bonchev–Trinajstić information content (AvgIpc) is 2.48. The van der Waals surface area contributed by atoms with E-state index in [-0.39, 0.29) is 17.3 Å². The third-order valence-corrected chi connectivity index (χ3v) is 2.55. The minimum Gasteiger partial charge on any atom is -0.256 e. The molecule has 0 radical (unpaired) electrons. The molecule has 0 atom stereocenters. The zero-order valence-corrected chi connectivity index (χ0v) is 11.8. The van der Waals surface area contributed by atoms with E-state index in [2.05, 4.69) is 4.98 Å². The second kappa shape index (κ2) is 6.81. The van der Waals surface area contributed by atoms with Crippen LogP contribution in [0.5, 0.6) is 0 Å². The average molecular weight is 321 g/mol. The standard InChI is InChI=1S/C13H7F6N.C2H6/c14-12(15,16)9-5-8(11-3-1-2-4-20-11)6-10(7-9)13(17,18)19;1-2/h1-7H;1-2H3. The number of hydrogen-bond acceptors (Lipinski definition) is 1. The number of halogens is 6. The molecular weight excluding hydrogens is 308 g/mol. The molecule has 7 heteroatoms. The van der Waals surface area contributed by atoms with Gasteiger partial charge in [-0.15, -0.1) is 0 Å². The van der Waals surface area contributed by atoms with Crippen LogP contribution in [0.25, 0.3) is 11.3 Å². The first-order valence-corrected chi connectivity index (χ1v) is 6.39. The van der Waals surface area contributed by atoms with Crippen LogP contribution in [0.15, 0.2) is 42.6 Å². The summed E-state index contributed by atoms with van der Waals surface area (Å²) in [7, 11) is 0. The molecule has 0 unspecified atom stereocenters. The first kappa shape index (κ1) is 18.0. The molecule has 0 saturated carbocycles. The maximum atomic E-state index is 12.7. The Morgan fingerprint density at radius 1 is 0.773 bits per heavy atom. The molecule has 0 amide bonds. The normalized spacial score (nSPS) is 11.6. The summed E-state index contributed by atoms with van der Waals surface area (Å²) < 4.78 is 76.0. The van der Waals surface area contributed by atoms with Gasteiger partial charge in [0.2, 0.25) is 0 Å². The van der Waals surface area contributed by atoms with Gasteiger partial charge >= 0.3 is 12.4 Å². The van der Waals surface area contributed by atoms with E-state index >= 15 is 0 Å². The number of alkyl halides is 6. The topological polar surface area (TPSA) is 12.9 Å². The molecule has 22 heavy (non-hydrogen) atoms. The molecule has 2 aromatic rings. The molecule has 120 valence electrons. The van der Waals surface area contributed by atoms with Gasteiger partial charge in [-0.1, -0.05) is 19.9 Å². The third kappa shape index (κ3) is 4.47. The van der Waals surface area contributed by atoms with Gasteiger partial charge in [0.05, 0.1) is 16.8 Å². The van der Waals surface area contributed by atoms with E-state index in [0.29, 0.717) is 12.1 Å². The monoisotopic (exact) mass is 321 g/mol. The van der Waals surface area contributed by atoms with Crippen LogP contribution < -0.4 is 0 Å². The van der Waals surface area contributed by atoms with Gasteiger partial charge in [-0.2, -0.15) is 26.3 Å². The van der Waals surface area contributed by atoms with Crippen molar-refractivity contribution in [3.63, 3.8) is 0 Å². The Balaban J connectivity index is 0.00000116. The maximum Gasteiger partial charge on any atom is 0.416 e. The summed E-state index contributed by atoms with van der Waals surface area (Å²) in [5.41, 5.74) is -2.89. The van der Waals surface area contributed by atoms with Crippen LogP contribution in [0.3, 0.4) is 0 Å². The molecule has 0 aliphatic heterocycles. The number of nitrogens with zero attached hydrogens (tertiary/aromatic N) is 1. The fourth-order valence-electron chi connectivity index (χ4n) is 1.64. The van der Waals surface area contributed by atoms with Crippen LogP contribution in [0.1, 0.15) is 25.0 Å². The molecule has 0 saturated heterocycles. The van der Waals surface area contributed by atoms with Gasteiger partial charge in [-0.3, -0.25) is 4.98 Å². The highest BCUT2D eigenvalue weighted by molar-refractivity contribution is 5.61. The lowest BCUT2D eigenvalue weighted by Gasteiger charge is -2.13. The van der Waals surface area contributed by atoms with Crippen molar-refractivity contribution in [1.29, 1.82) is 0 Å². The Labute approximate surface area is 123 Å². The van der Waals surface area contributed by atoms with Gasteiger partial charge < -0.3 is 0 Å². The van der Waals surface area contributed by atoms with Crippen LogP contribution in [0, 0.1) is 0 Å². The van der Waals surface area contributed by atoms with Gasteiger partial charge in [0.1, 0.15) is 0 Å². The molecule has 1 aromatic carbocycles. The second-order valence-corrected chi connectivity index (χ2v) is 4.01. The lowest BCUT2D eigenvalue weighted by atomic mass is 10.0. The van der Waals surface area contributed by atoms with Gasteiger partial charge in [-0.25, -0.2) is 0 Å². The Kier molecular flexibility index (Phi) is 5.57. The highest BCUT2D eigenvalue weighted by atomic mass is 19.4. The highest BCUT2D eigenvalue weighted by Gasteiger charge is 2.37. The smallest absolute Gasteiger partial charge is 0.256 e. The fourth-order valence-corrected chi connectivity index (χ4v) is 1.64. The van der Waals surface area contributed by atoms with Crippen LogP contribution in [-0.2, 0) is 12.4 Å². The molecule has 1 heterocycles. The van der Waals surface area contributed by atoms with Crippen molar-refractivity contribution in [2.45, 2.75) is 26.2 Å². The van der Waals surface area contributed by atoms with Gasteiger partial charge in [0.25, 0.3) is 0 Å². The third-order valence-electron chi connectivity index (χ3n) is 2.55. The maximum absolute atomic E-state index is 12.7. The Morgan fingerprint density at radius 3 is 1.64 bits per heavy atom. The van der Waals surface area contributed by atoms with Crippen molar-refractivity contribution in [2.24, 2.45) is 0 Å². The summed E-state index contributed by atoms with van der Waals surface area (Å²) in [6.45, 7) is 4.00. The highest BCUT2D eigenvalue weighted by Crippen LogP contribution is 2.38. The lowest BCUT2D eigenvalue weighted by Crippen LogP contribution is -2.11. The molecule has 0 spiro atoms. The molecule has 0 aliphatic carbocycles. The van der Waals surface area contributed by atoms with Crippen molar-refractivity contribution >= 4 is 0 Å². The molecule has 0 N–H and O–H groups in total. The molecule has 0 fully saturated rings. The van der Waals surface area contributed by atoms with Crippen molar-refractivity contribution < 1.29 is 26.3 Å². The van der Waals surface area contributed by atoms with E-state index in [1.165, 1.54) is 24.4 Å². The molecular formula is C15H13F6N. The molecule has 1 nitrogen and oxygen atoms in total. The number of hydrogen-bond donors (Lipinski definition) is 0. The lowest BCUT2D eigenvalue weighted by molar-refractivity contribution is -0.143. The summed E-state index contributed by atoms with van der Waals surface area (Å²) in [5, 5.41) is 0. The van der Waals surface area contributed by atoms with Crippen LogP contribution >= 0.6 is 0 Å². The van der Waals surface area contributed by atoms with Crippen LogP contribution in [0.4, 0.5) is 26.3 Å². The summed E-state index contributed by atoms with van der Waals surface area (Å²) in [6.07, 6.45) is -8.42. The van der Waals surface area contributed by atoms with E-state index in [1.807, 2.05) is 13.8 Å². The summed E-state index contributed by atoms with van der Waals surface area (Å²) in [4.78, 5) is 3.76. The fraction of sp³-hybridized carbons (Fsp3) is 0.267. The second-order valence-electron chi connectivity index (χ2n) is 4.01. The van der Waals surface area contributed by atoms with Crippen molar-refractivity contribution in [3.05, 3.63) is 53.7 Å². The van der Waals surface area contributed by atoms with E-state index in [4.69, 9.17) is 0 Å². The van der Waals surface area contributed by atoms with Crippen molar-refractivity contribution in [3.8, 4) is 11.3 Å². The molecule has 0 bridgehead atoms. The predicted octanol–water partition coefficient (Wildman–Crippen LogP) is 5.81. The number of pyridine rings is 1. The number of rotatable bonds is 1. The van der Waals surface area contributed by atoms with E-state index in [1.54, 1.807) is 0 Å². The first-order valence-electron chi connectivity index (χ1n) is 6.39. The van der Waals surface area contributed by atoms with Gasteiger partial charge in [-0.05, 0) is 30.3 Å². The van der Waals surface area contributed by atoms with Crippen molar-refractivity contribution in [2.75, 3.05) is 0 Å². The van der Waals surface area contributed by atoms with E-state index in [9.17, 15) is 26.3 Å². The first-order chi connectivity index (χ1) is 10.2. The SMILES string of the molecule is CC.FC(F)(F)c1cc(-c2ccccn2)cc(C(F)(F)F)c1. The van der Waals surface area contributed by atoms with Crippen LogP contribution in [0.2, 0.25) is 0 Å². The minimum absolute atomic E-state index is 0.0455. The quantitative estimate of drug-likeness (QED) is 0.604. The summed E-state index contributed by atoms with van der Waals surface area (Å²) in [6, 6.07) is 5.73. The van der Waals surface area contributed by atoms with Crippen LogP contribution in [-0.4, -0.2) is 4.98 Å². The zero-order chi connectivity index (χ0) is 17.0. The number of benzene rings is 1. The molecule has 0 aliphatic rings. The van der Waals surface area contributed by atoms with E-state index < -0.39 is 23.5 Å². The van der Waals surface area contributed by atoms with Gasteiger partial charge in [0.15, 0.2) is 0 Å². The Bertz CT molecular complexity index is 569. The summed E-state index contributed by atoms with van der Waals surface area (Å²) in [5.74, 6) is 0. The Morgan fingerprint density at radius 2 is 1.27 bits per heavy atom. The van der Waals surface area contributed by atoms with E-state index in [0.717, 1.165) is 0 Å². The largest absolute Gasteiger partial charge is 0.416 e. The molecule has 2 rings (SSSR count). The van der Waals surface area contributed by atoms with Gasteiger partial charge in [0, 0.05) is 11.8 Å². The number of aromatic nitrogens is 1. The summed E-state index contributed by atoms with van der Waals surface area (Å²) >= 11 is 0. The zero-order valence-electron chi connectivity index (χ0n) is 11.8. The Hall–Kier alpha value is -2.05. The molecule has 1 aromatic heterocycles.